The second-order valence-corrected chi connectivity index (χ2v) is 2.85. The number of hydrogen-bond acceptors (Lipinski definition) is 5. The zero-order chi connectivity index (χ0) is 11.5. The standard InChI is InChI=1S/C8H7N5O3/c14-5-3-6(15)11-7(10-5)12-8(16)13-2-1-9-4-13/h1-4H,(H3,10,11,12,14,15,16). The van der Waals surface area contributed by atoms with Gasteiger partial charge in [-0.05, 0) is 0 Å². The van der Waals surface area contributed by atoms with Gasteiger partial charge in [-0.1, -0.05) is 0 Å². The van der Waals surface area contributed by atoms with Crippen LogP contribution in [-0.4, -0.2) is 30.7 Å². The van der Waals surface area contributed by atoms with E-state index in [4.69, 9.17) is 5.11 Å². The van der Waals surface area contributed by atoms with Crippen molar-refractivity contribution in [2.75, 3.05) is 5.32 Å². The van der Waals surface area contributed by atoms with Crippen molar-refractivity contribution in [1.82, 2.24) is 19.5 Å². The van der Waals surface area contributed by atoms with Gasteiger partial charge in [-0.2, -0.15) is 4.98 Å². The van der Waals surface area contributed by atoms with Gasteiger partial charge in [0.05, 0.1) is 6.07 Å². The molecule has 0 aliphatic carbocycles. The molecule has 0 fully saturated rings. The van der Waals surface area contributed by atoms with E-state index in [0.29, 0.717) is 0 Å². The van der Waals surface area contributed by atoms with E-state index in [1.54, 1.807) is 0 Å². The van der Waals surface area contributed by atoms with Crippen molar-refractivity contribution < 1.29 is 9.90 Å². The minimum Gasteiger partial charge on any atom is -0.493 e. The fraction of sp³-hybridized carbons (Fsp3) is 0. The smallest absolute Gasteiger partial charge is 0.333 e. The quantitative estimate of drug-likeness (QED) is 0.614. The molecule has 8 heteroatoms. The topological polar surface area (TPSA) is 113 Å². The van der Waals surface area contributed by atoms with Crippen LogP contribution in [0.1, 0.15) is 0 Å². The molecule has 0 spiro atoms. The van der Waals surface area contributed by atoms with Gasteiger partial charge in [0, 0.05) is 12.4 Å². The molecule has 2 aromatic heterocycles. The van der Waals surface area contributed by atoms with Crippen LogP contribution >= 0.6 is 0 Å². The number of imidazole rings is 1. The van der Waals surface area contributed by atoms with Crippen molar-refractivity contribution in [3.63, 3.8) is 0 Å². The summed E-state index contributed by atoms with van der Waals surface area (Å²) in [5, 5.41) is 11.3. The molecule has 0 bridgehead atoms. The Kier molecular flexibility index (Phi) is 2.38. The molecular formula is C8H7N5O3. The number of aromatic amines is 1. The third-order valence-corrected chi connectivity index (χ3v) is 1.69. The molecular weight excluding hydrogens is 214 g/mol. The second-order valence-electron chi connectivity index (χ2n) is 2.85. The Morgan fingerprint density at radius 2 is 2.38 bits per heavy atom. The molecule has 0 aliphatic rings. The largest absolute Gasteiger partial charge is 0.493 e. The van der Waals surface area contributed by atoms with Crippen molar-refractivity contribution in [2.45, 2.75) is 0 Å². The minimum atomic E-state index is -0.562. The van der Waals surface area contributed by atoms with Crippen molar-refractivity contribution in [2.24, 2.45) is 0 Å². The van der Waals surface area contributed by atoms with Crippen LogP contribution in [0.15, 0.2) is 29.6 Å². The molecule has 2 heterocycles. The summed E-state index contributed by atoms with van der Waals surface area (Å²) in [6.07, 6.45) is 4.14. The lowest BCUT2D eigenvalue weighted by atomic mass is 10.6. The van der Waals surface area contributed by atoms with E-state index in [1.165, 1.54) is 18.7 Å². The van der Waals surface area contributed by atoms with Gasteiger partial charge in [0.25, 0.3) is 5.56 Å². The number of aromatic nitrogens is 4. The SMILES string of the molecule is O=C(Nc1nc(O)cc(=O)[nH]1)n1ccnc1. The molecule has 0 unspecified atom stereocenters. The molecule has 82 valence electrons. The predicted molar refractivity (Wildman–Crippen MR) is 53.2 cm³/mol. The van der Waals surface area contributed by atoms with Crippen LogP contribution in [0.3, 0.4) is 0 Å². The van der Waals surface area contributed by atoms with Crippen LogP contribution in [0, 0.1) is 0 Å². The maximum atomic E-state index is 11.5. The van der Waals surface area contributed by atoms with Gasteiger partial charge in [-0.25, -0.2) is 9.78 Å². The first-order chi connectivity index (χ1) is 7.65. The summed E-state index contributed by atoms with van der Waals surface area (Å²) >= 11 is 0. The van der Waals surface area contributed by atoms with Crippen LogP contribution in [0.25, 0.3) is 0 Å². The summed E-state index contributed by atoms with van der Waals surface area (Å²) in [6.45, 7) is 0. The Morgan fingerprint density at radius 3 is 3.00 bits per heavy atom. The Bertz CT molecular complexity index is 559. The number of H-pyrrole nitrogens is 1. The molecule has 8 nitrogen and oxygen atoms in total. The summed E-state index contributed by atoms with van der Waals surface area (Å²) < 4.78 is 1.16. The van der Waals surface area contributed by atoms with E-state index >= 15 is 0 Å². The average molecular weight is 221 g/mol. The van der Waals surface area contributed by atoms with E-state index < -0.39 is 17.5 Å². The van der Waals surface area contributed by atoms with Gasteiger partial charge in [-0.15, -0.1) is 0 Å². The van der Waals surface area contributed by atoms with Gasteiger partial charge >= 0.3 is 6.03 Å². The summed E-state index contributed by atoms with van der Waals surface area (Å²) in [7, 11) is 0. The molecule has 1 amide bonds. The number of anilines is 1. The Balaban J connectivity index is 2.21. The highest BCUT2D eigenvalue weighted by molar-refractivity contribution is 5.89. The van der Waals surface area contributed by atoms with Crippen molar-refractivity contribution in [3.05, 3.63) is 35.1 Å². The average Bonchev–Trinajstić information content (AvgIpc) is 2.68. The Morgan fingerprint density at radius 1 is 1.56 bits per heavy atom. The zero-order valence-electron chi connectivity index (χ0n) is 7.91. The van der Waals surface area contributed by atoms with Crippen LogP contribution in [0.2, 0.25) is 0 Å². The van der Waals surface area contributed by atoms with Gasteiger partial charge in [0.15, 0.2) is 0 Å². The highest BCUT2D eigenvalue weighted by Gasteiger charge is 2.06. The lowest BCUT2D eigenvalue weighted by Gasteiger charge is -2.03. The summed E-state index contributed by atoms with van der Waals surface area (Å²) in [4.78, 5) is 31.9. The molecule has 0 radical (unpaired) electrons. The van der Waals surface area contributed by atoms with E-state index in [1.807, 2.05) is 0 Å². The first-order valence-corrected chi connectivity index (χ1v) is 4.25. The lowest BCUT2D eigenvalue weighted by Crippen LogP contribution is -2.21. The van der Waals surface area contributed by atoms with Crippen LogP contribution in [0.4, 0.5) is 10.7 Å². The van der Waals surface area contributed by atoms with Crippen molar-refractivity contribution in [1.29, 1.82) is 0 Å². The molecule has 0 saturated carbocycles. The summed E-state index contributed by atoms with van der Waals surface area (Å²) in [6, 6.07) is 0.346. The van der Waals surface area contributed by atoms with Gasteiger partial charge in [0.2, 0.25) is 11.8 Å². The third kappa shape index (κ3) is 2.05. The van der Waals surface area contributed by atoms with E-state index in [2.05, 4.69) is 20.3 Å². The number of nitrogens with one attached hydrogen (secondary N) is 2. The van der Waals surface area contributed by atoms with Crippen LogP contribution in [0.5, 0.6) is 5.88 Å². The molecule has 2 rings (SSSR count). The monoisotopic (exact) mass is 221 g/mol. The summed E-state index contributed by atoms with van der Waals surface area (Å²) in [5.41, 5.74) is -0.562. The number of carbonyl (C=O) groups is 1. The number of nitrogens with zero attached hydrogens (tertiary/aromatic N) is 3. The highest BCUT2D eigenvalue weighted by Crippen LogP contribution is 2.02. The first kappa shape index (κ1) is 9.90. The Labute approximate surface area is 88.6 Å². The third-order valence-electron chi connectivity index (χ3n) is 1.69. The lowest BCUT2D eigenvalue weighted by molar-refractivity contribution is 0.253. The predicted octanol–water partition coefficient (Wildman–Crippen LogP) is -0.248. The molecule has 0 aromatic carbocycles. The number of hydrogen-bond donors (Lipinski definition) is 3. The van der Waals surface area contributed by atoms with E-state index in [9.17, 15) is 9.59 Å². The highest BCUT2D eigenvalue weighted by atomic mass is 16.3. The normalized spacial score (nSPS) is 10.0. The maximum absolute atomic E-state index is 11.5. The van der Waals surface area contributed by atoms with Crippen LogP contribution < -0.4 is 10.9 Å². The molecule has 3 N–H and O–H groups in total. The zero-order valence-corrected chi connectivity index (χ0v) is 7.91. The number of amides is 1. The molecule has 0 saturated heterocycles. The molecule has 0 aliphatic heterocycles. The second kappa shape index (κ2) is 3.85. The fourth-order valence-corrected chi connectivity index (χ4v) is 1.05. The van der Waals surface area contributed by atoms with Crippen LogP contribution in [-0.2, 0) is 0 Å². The van der Waals surface area contributed by atoms with Crippen molar-refractivity contribution >= 4 is 12.0 Å². The van der Waals surface area contributed by atoms with Gasteiger partial charge in [-0.3, -0.25) is 19.7 Å². The maximum Gasteiger partial charge on any atom is 0.333 e. The minimum absolute atomic E-state index is 0.135. The summed E-state index contributed by atoms with van der Waals surface area (Å²) in [5.74, 6) is -0.603. The molecule has 2 aromatic rings. The number of rotatable bonds is 1. The van der Waals surface area contributed by atoms with Gasteiger partial charge < -0.3 is 5.11 Å². The van der Waals surface area contributed by atoms with E-state index in [-0.39, 0.29) is 5.95 Å². The number of carbonyl (C=O) groups excluding carboxylic acids is 1. The fourth-order valence-electron chi connectivity index (χ4n) is 1.05. The van der Waals surface area contributed by atoms with Crippen molar-refractivity contribution in [3.8, 4) is 5.88 Å². The molecule has 0 atom stereocenters. The molecule has 16 heavy (non-hydrogen) atoms. The van der Waals surface area contributed by atoms with Gasteiger partial charge in [0.1, 0.15) is 6.33 Å². The van der Waals surface area contributed by atoms with E-state index in [0.717, 1.165) is 10.6 Å². The first-order valence-electron chi connectivity index (χ1n) is 4.25. The Hall–Kier alpha value is -2.64. The number of aromatic hydroxyl groups is 1.